The van der Waals surface area contributed by atoms with Crippen molar-refractivity contribution >= 4 is 10.0 Å². The summed E-state index contributed by atoms with van der Waals surface area (Å²) in [7, 11) is -1.49. The van der Waals surface area contributed by atoms with Crippen molar-refractivity contribution in [1.82, 2.24) is 13.4 Å². The number of aryl methyl sites for hydroxylation is 1. The summed E-state index contributed by atoms with van der Waals surface area (Å²) in [5, 5.41) is 8.97. The molecule has 0 aromatic carbocycles. The maximum atomic E-state index is 12.5. The second-order valence-electron chi connectivity index (χ2n) is 4.68. The lowest BCUT2D eigenvalue weighted by Crippen LogP contribution is -2.45. The van der Waals surface area contributed by atoms with Crippen LogP contribution in [-0.4, -0.2) is 46.2 Å². The van der Waals surface area contributed by atoms with E-state index in [1.54, 1.807) is 13.8 Å². The van der Waals surface area contributed by atoms with Crippen molar-refractivity contribution in [3.63, 3.8) is 0 Å². The van der Waals surface area contributed by atoms with Gasteiger partial charge in [0.25, 0.3) is 5.56 Å². The molecule has 0 aliphatic rings. The van der Waals surface area contributed by atoms with Gasteiger partial charge >= 0.3 is 5.69 Å². The lowest BCUT2D eigenvalue weighted by molar-refractivity contribution is 0.236. The minimum Gasteiger partial charge on any atom is -0.395 e. The Balaban J connectivity index is 3.58. The average molecular weight is 305 g/mol. The van der Waals surface area contributed by atoms with Gasteiger partial charge in [-0.15, -0.1) is 0 Å². The molecule has 0 aliphatic heterocycles. The second kappa shape index (κ2) is 5.90. The molecule has 0 radical (unpaired) electrons. The van der Waals surface area contributed by atoms with Gasteiger partial charge in [-0.3, -0.25) is 9.36 Å². The van der Waals surface area contributed by atoms with E-state index in [9.17, 15) is 18.0 Å². The van der Waals surface area contributed by atoms with E-state index in [1.165, 1.54) is 14.1 Å². The Morgan fingerprint density at radius 3 is 2.30 bits per heavy atom. The van der Waals surface area contributed by atoms with Crippen LogP contribution in [0.5, 0.6) is 0 Å². The smallest absolute Gasteiger partial charge is 0.330 e. The van der Waals surface area contributed by atoms with Gasteiger partial charge in [0, 0.05) is 32.9 Å². The summed E-state index contributed by atoms with van der Waals surface area (Å²) in [6.45, 7) is 2.80. The Labute approximate surface area is 116 Å². The van der Waals surface area contributed by atoms with Gasteiger partial charge in [-0.05, 0) is 13.8 Å². The molecule has 0 bridgehead atoms. The Morgan fingerprint density at radius 1 is 1.30 bits per heavy atom. The first kappa shape index (κ1) is 16.6. The minimum absolute atomic E-state index is 0.119. The first-order valence-corrected chi connectivity index (χ1v) is 7.48. The van der Waals surface area contributed by atoms with Crippen LogP contribution in [0.3, 0.4) is 0 Å². The number of aromatic nitrogens is 2. The normalized spacial score (nSPS) is 12.3. The predicted octanol–water partition coefficient (Wildman–Crippen LogP) is -1.52. The van der Waals surface area contributed by atoms with Crippen LogP contribution in [-0.2, 0) is 24.1 Å². The third kappa shape index (κ3) is 2.84. The summed E-state index contributed by atoms with van der Waals surface area (Å²) in [5.41, 5.74) is -1.48. The Morgan fingerprint density at radius 2 is 1.85 bits per heavy atom. The molecule has 1 aromatic heterocycles. The van der Waals surface area contributed by atoms with E-state index in [0.29, 0.717) is 0 Å². The molecule has 1 aromatic rings. The molecule has 1 heterocycles. The molecule has 0 saturated heterocycles. The van der Waals surface area contributed by atoms with Gasteiger partial charge in [-0.2, -0.15) is 4.31 Å². The van der Waals surface area contributed by atoms with Gasteiger partial charge in [0.1, 0.15) is 0 Å². The van der Waals surface area contributed by atoms with Gasteiger partial charge in [0.2, 0.25) is 10.0 Å². The van der Waals surface area contributed by atoms with Crippen molar-refractivity contribution in [2.45, 2.75) is 24.8 Å². The highest BCUT2D eigenvalue weighted by Gasteiger charge is 2.30. The fourth-order valence-corrected chi connectivity index (χ4v) is 3.61. The van der Waals surface area contributed by atoms with Gasteiger partial charge in [0.05, 0.1) is 6.61 Å². The van der Waals surface area contributed by atoms with Crippen molar-refractivity contribution in [3.05, 3.63) is 27.0 Å². The summed E-state index contributed by atoms with van der Waals surface area (Å²) < 4.78 is 27.8. The van der Waals surface area contributed by atoms with E-state index in [2.05, 4.69) is 0 Å². The summed E-state index contributed by atoms with van der Waals surface area (Å²) in [6.07, 6.45) is 1.01. The molecular formula is C11H19N3O5S. The fourth-order valence-electron chi connectivity index (χ4n) is 1.83. The zero-order valence-electron chi connectivity index (χ0n) is 11.9. The van der Waals surface area contributed by atoms with E-state index in [4.69, 9.17) is 5.11 Å². The molecular weight excluding hydrogens is 286 g/mol. The first-order valence-electron chi connectivity index (χ1n) is 6.04. The molecule has 0 spiro atoms. The minimum atomic E-state index is -4.07. The van der Waals surface area contributed by atoms with Crippen molar-refractivity contribution < 1.29 is 13.5 Å². The number of hydrogen-bond donors (Lipinski definition) is 1. The molecule has 0 aliphatic carbocycles. The lowest BCUT2D eigenvalue weighted by atomic mass is 10.4. The number of hydrogen-bond acceptors (Lipinski definition) is 5. The molecule has 20 heavy (non-hydrogen) atoms. The molecule has 0 fully saturated rings. The molecule has 0 atom stereocenters. The maximum Gasteiger partial charge on any atom is 0.330 e. The van der Waals surface area contributed by atoms with E-state index in [1.807, 2.05) is 0 Å². The number of rotatable bonds is 5. The number of sulfonamides is 1. The van der Waals surface area contributed by atoms with Crippen molar-refractivity contribution in [1.29, 1.82) is 0 Å². The Kier molecular flexibility index (Phi) is 4.90. The van der Waals surface area contributed by atoms with Gasteiger partial charge in [0.15, 0.2) is 4.90 Å². The summed E-state index contributed by atoms with van der Waals surface area (Å²) in [6, 6.07) is -0.422. The molecule has 1 N–H and O–H groups in total. The van der Waals surface area contributed by atoms with Crippen LogP contribution in [0.2, 0.25) is 0 Å². The Hall–Kier alpha value is -1.45. The van der Waals surface area contributed by atoms with Crippen molar-refractivity contribution in [2.24, 2.45) is 14.1 Å². The van der Waals surface area contributed by atoms with Gasteiger partial charge < -0.3 is 9.67 Å². The highest BCUT2D eigenvalue weighted by molar-refractivity contribution is 7.89. The lowest BCUT2D eigenvalue weighted by Gasteiger charge is -2.24. The highest BCUT2D eigenvalue weighted by Crippen LogP contribution is 2.13. The quantitative estimate of drug-likeness (QED) is 0.711. The summed E-state index contributed by atoms with van der Waals surface area (Å²) in [5.74, 6) is 0. The van der Waals surface area contributed by atoms with Crippen LogP contribution in [0.25, 0.3) is 0 Å². The third-order valence-electron chi connectivity index (χ3n) is 2.90. The molecule has 1 rings (SSSR count). The van der Waals surface area contributed by atoms with Gasteiger partial charge in [-0.25, -0.2) is 13.2 Å². The van der Waals surface area contributed by atoms with E-state index >= 15 is 0 Å². The largest absolute Gasteiger partial charge is 0.395 e. The SMILES string of the molecule is CC(C)N(CCO)S(=O)(=O)c1cn(C)c(=O)n(C)c1=O. The summed E-state index contributed by atoms with van der Waals surface area (Å²) >= 11 is 0. The highest BCUT2D eigenvalue weighted by atomic mass is 32.2. The van der Waals surface area contributed by atoms with Crippen molar-refractivity contribution in [2.75, 3.05) is 13.2 Å². The molecule has 0 amide bonds. The van der Waals surface area contributed by atoms with E-state index < -0.39 is 32.2 Å². The standard InChI is InChI=1S/C11H19N3O5S/c1-8(2)14(5-6-15)20(18,19)9-7-12(3)11(17)13(4)10(9)16/h7-8,15H,5-6H2,1-4H3. The predicted molar refractivity (Wildman–Crippen MR) is 73.0 cm³/mol. The van der Waals surface area contributed by atoms with Crippen LogP contribution in [0.1, 0.15) is 13.8 Å². The Bertz CT molecular complexity index is 702. The van der Waals surface area contributed by atoms with Crippen LogP contribution < -0.4 is 11.2 Å². The van der Waals surface area contributed by atoms with Crippen LogP contribution in [0.4, 0.5) is 0 Å². The molecule has 0 saturated carbocycles. The van der Waals surface area contributed by atoms with E-state index in [-0.39, 0.29) is 13.2 Å². The monoisotopic (exact) mass is 305 g/mol. The number of nitrogens with zero attached hydrogens (tertiary/aromatic N) is 3. The second-order valence-corrected chi connectivity index (χ2v) is 6.54. The summed E-state index contributed by atoms with van der Waals surface area (Å²) in [4.78, 5) is 23.1. The molecule has 114 valence electrons. The molecule has 9 heteroatoms. The number of aliphatic hydroxyl groups is 1. The first-order chi connectivity index (χ1) is 9.14. The third-order valence-corrected chi connectivity index (χ3v) is 4.96. The van der Waals surface area contributed by atoms with Crippen LogP contribution in [0, 0.1) is 0 Å². The molecule has 0 unspecified atom stereocenters. The maximum absolute atomic E-state index is 12.5. The van der Waals surface area contributed by atoms with Gasteiger partial charge in [-0.1, -0.05) is 0 Å². The topological polar surface area (TPSA) is 102 Å². The van der Waals surface area contributed by atoms with E-state index in [0.717, 1.165) is 19.6 Å². The zero-order valence-corrected chi connectivity index (χ0v) is 12.7. The van der Waals surface area contributed by atoms with Crippen LogP contribution in [0.15, 0.2) is 20.7 Å². The van der Waals surface area contributed by atoms with Crippen molar-refractivity contribution in [3.8, 4) is 0 Å². The average Bonchev–Trinajstić information content (AvgIpc) is 2.36. The zero-order chi connectivity index (χ0) is 15.7. The molecule has 8 nitrogen and oxygen atoms in total. The van der Waals surface area contributed by atoms with Crippen LogP contribution >= 0.6 is 0 Å². The fraction of sp³-hybridized carbons (Fsp3) is 0.636. The number of aliphatic hydroxyl groups excluding tert-OH is 1.